The summed E-state index contributed by atoms with van der Waals surface area (Å²) in [6.45, 7) is 0.454. The van der Waals surface area contributed by atoms with Crippen molar-refractivity contribution in [2.45, 2.75) is 98.4 Å². The molecule has 0 radical (unpaired) electrons. The molecule has 2 aliphatic heterocycles. The van der Waals surface area contributed by atoms with E-state index in [4.69, 9.17) is 41.9 Å². The SMILES string of the molecule is CN[C@@H]1[C@H](O[C@@H]2[C@H](O[C@@H]3[C@H](O)[C@H](O)[C@H](N=C(N)N)[C@H](O)[C@@H]3N=C(N)N)O[C@H](C)[C@]2(O)CO)O[C@H](O)[C@@H](O)[C@H]1O. The third kappa shape index (κ3) is 6.05. The van der Waals surface area contributed by atoms with Crippen LogP contribution in [0, 0.1) is 0 Å². The fraction of sp³-hybridized carbons (Fsp3) is 0.900. The van der Waals surface area contributed by atoms with Crippen LogP contribution in [0.25, 0.3) is 0 Å². The molecule has 0 unspecified atom stereocenters. The summed E-state index contributed by atoms with van der Waals surface area (Å²) in [4.78, 5) is 7.63. The van der Waals surface area contributed by atoms with E-state index in [1.54, 1.807) is 0 Å². The first-order chi connectivity index (χ1) is 18.2. The summed E-state index contributed by atoms with van der Waals surface area (Å²) in [5.74, 6) is -1.02. The van der Waals surface area contributed by atoms with Crippen molar-refractivity contribution in [2.24, 2.45) is 32.9 Å². The van der Waals surface area contributed by atoms with Crippen molar-refractivity contribution >= 4 is 11.9 Å². The molecule has 2 saturated heterocycles. The zero-order valence-corrected chi connectivity index (χ0v) is 21.2. The van der Waals surface area contributed by atoms with Gasteiger partial charge in [0.25, 0.3) is 0 Å². The van der Waals surface area contributed by atoms with E-state index < -0.39 is 110 Å². The number of aliphatic hydroxyl groups is 8. The standard InChI is InChI=1S/C20H39N7O12/c1-4-20(35,3-28)14(38-16-7(25-2)10(31)12(33)15(34)39-16)17(36-4)37-13-6(27-19(23)24)8(29)5(26-18(21)22)9(30)11(13)32/h4-17,25,28-35H,3H2,1-2H3,(H4,21,22,26)(H4,23,24,27)/t4-,5-,6+,7+,8+,9-,10+,11-,12+,13+,14-,15+,16-,17+,20-/m1/s1. The second-order valence-electron chi connectivity index (χ2n) is 9.70. The summed E-state index contributed by atoms with van der Waals surface area (Å²) in [5, 5.41) is 86.6. The molecule has 39 heavy (non-hydrogen) atoms. The molecule has 0 spiro atoms. The maximum Gasteiger partial charge on any atom is 0.187 e. The van der Waals surface area contributed by atoms with Crippen molar-refractivity contribution in [3.63, 3.8) is 0 Å². The van der Waals surface area contributed by atoms with Gasteiger partial charge in [-0.2, -0.15) is 0 Å². The lowest BCUT2D eigenvalue weighted by molar-refractivity contribution is -0.345. The first-order valence-electron chi connectivity index (χ1n) is 12.1. The smallest absolute Gasteiger partial charge is 0.187 e. The van der Waals surface area contributed by atoms with E-state index in [0.717, 1.165) is 0 Å². The normalized spacial score (nSPS) is 48.5. The highest BCUT2D eigenvalue weighted by molar-refractivity contribution is 5.76. The van der Waals surface area contributed by atoms with Crippen LogP contribution in [0.1, 0.15) is 6.92 Å². The Morgan fingerprint density at radius 2 is 1.41 bits per heavy atom. The number of aliphatic imine (C=N–C) groups is 2. The van der Waals surface area contributed by atoms with Gasteiger partial charge >= 0.3 is 0 Å². The van der Waals surface area contributed by atoms with E-state index in [-0.39, 0.29) is 0 Å². The number of ether oxygens (including phenoxy) is 4. The van der Waals surface area contributed by atoms with Crippen LogP contribution in [-0.4, -0.2) is 158 Å². The van der Waals surface area contributed by atoms with Crippen LogP contribution in [0.4, 0.5) is 0 Å². The highest BCUT2D eigenvalue weighted by atomic mass is 16.8. The number of aliphatic hydroxyl groups excluding tert-OH is 7. The summed E-state index contributed by atoms with van der Waals surface area (Å²) in [7, 11) is 1.41. The van der Waals surface area contributed by atoms with E-state index >= 15 is 0 Å². The molecular weight excluding hydrogens is 530 g/mol. The zero-order chi connectivity index (χ0) is 29.4. The molecule has 2 heterocycles. The molecule has 19 nitrogen and oxygen atoms in total. The van der Waals surface area contributed by atoms with Gasteiger partial charge < -0.3 is 88.1 Å². The molecule has 0 aromatic carbocycles. The Kier molecular flexibility index (Phi) is 9.92. The highest BCUT2D eigenvalue weighted by Gasteiger charge is 2.60. The van der Waals surface area contributed by atoms with Crippen LogP contribution < -0.4 is 28.3 Å². The zero-order valence-electron chi connectivity index (χ0n) is 21.2. The Bertz CT molecular complexity index is 895. The monoisotopic (exact) mass is 569 g/mol. The molecule has 226 valence electrons. The molecule has 0 aromatic heterocycles. The summed E-state index contributed by atoms with van der Waals surface area (Å²) in [6.07, 6.45) is -18.0. The topological polar surface area (TPSA) is 340 Å². The van der Waals surface area contributed by atoms with Crippen LogP contribution in [0.2, 0.25) is 0 Å². The van der Waals surface area contributed by atoms with Crippen LogP contribution in [-0.2, 0) is 18.9 Å². The number of guanidine groups is 2. The van der Waals surface area contributed by atoms with Gasteiger partial charge in [-0.25, -0.2) is 9.98 Å². The lowest BCUT2D eigenvalue weighted by Gasteiger charge is -2.45. The number of hydrogen-bond donors (Lipinski definition) is 13. The molecule has 19 heteroatoms. The van der Waals surface area contributed by atoms with E-state index in [2.05, 4.69) is 15.3 Å². The third-order valence-electron chi connectivity index (χ3n) is 7.19. The van der Waals surface area contributed by atoms with Crippen LogP contribution in [0.15, 0.2) is 9.98 Å². The van der Waals surface area contributed by atoms with Gasteiger partial charge in [0.1, 0.15) is 60.4 Å². The van der Waals surface area contributed by atoms with Gasteiger partial charge in [-0.05, 0) is 14.0 Å². The van der Waals surface area contributed by atoms with Crippen LogP contribution in [0.3, 0.4) is 0 Å². The number of nitrogens with two attached hydrogens (primary N) is 4. The minimum atomic E-state index is -2.17. The van der Waals surface area contributed by atoms with Crippen LogP contribution in [0.5, 0.6) is 0 Å². The number of likely N-dealkylation sites (N-methyl/N-ethyl adjacent to an activating group) is 1. The molecule has 0 aromatic rings. The maximum atomic E-state index is 11.2. The fourth-order valence-corrected chi connectivity index (χ4v) is 4.93. The number of nitrogens with one attached hydrogen (secondary N) is 1. The molecule has 1 saturated carbocycles. The molecule has 0 bridgehead atoms. The van der Waals surface area contributed by atoms with Gasteiger partial charge in [0, 0.05) is 0 Å². The van der Waals surface area contributed by atoms with Crippen molar-refractivity contribution in [2.75, 3.05) is 13.7 Å². The average Bonchev–Trinajstić information content (AvgIpc) is 3.10. The van der Waals surface area contributed by atoms with Crippen LogP contribution >= 0.6 is 0 Å². The third-order valence-corrected chi connectivity index (χ3v) is 7.19. The summed E-state index contributed by atoms with van der Waals surface area (Å²) < 4.78 is 22.6. The van der Waals surface area contributed by atoms with E-state index in [0.29, 0.717) is 0 Å². The Labute approximate surface area is 222 Å². The molecule has 3 fully saturated rings. The maximum absolute atomic E-state index is 11.2. The molecule has 3 rings (SSSR count). The molecule has 15 atom stereocenters. The first-order valence-corrected chi connectivity index (χ1v) is 12.1. The molecule has 3 aliphatic rings. The minimum Gasteiger partial charge on any atom is -0.393 e. The van der Waals surface area contributed by atoms with Crippen molar-refractivity contribution in [1.82, 2.24) is 5.32 Å². The molecule has 1 aliphatic carbocycles. The Morgan fingerprint density at radius 3 is 1.95 bits per heavy atom. The van der Waals surface area contributed by atoms with E-state index in [9.17, 15) is 40.9 Å². The Balaban J connectivity index is 1.95. The lowest BCUT2D eigenvalue weighted by Crippen LogP contribution is -2.66. The summed E-state index contributed by atoms with van der Waals surface area (Å²) >= 11 is 0. The Hall–Kier alpha value is -1.98. The number of rotatable bonds is 8. The van der Waals surface area contributed by atoms with Gasteiger partial charge in [0.05, 0.1) is 18.8 Å². The van der Waals surface area contributed by atoms with Gasteiger partial charge in [0.2, 0.25) is 0 Å². The summed E-state index contributed by atoms with van der Waals surface area (Å²) in [6, 6.07) is -4.07. The number of nitrogens with zero attached hydrogens (tertiary/aromatic N) is 2. The predicted molar refractivity (Wildman–Crippen MR) is 129 cm³/mol. The van der Waals surface area contributed by atoms with Gasteiger partial charge in [-0.3, -0.25) is 0 Å². The van der Waals surface area contributed by atoms with Crippen molar-refractivity contribution in [3.05, 3.63) is 0 Å². The lowest BCUT2D eigenvalue weighted by atomic mass is 9.81. The molecule has 0 amide bonds. The van der Waals surface area contributed by atoms with Gasteiger partial charge in [0.15, 0.2) is 30.8 Å². The van der Waals surface area contributed by atoms with Crippen molar-refractivity contribution < 1.29 is 59.8 Å². The number of hydrogen-bond acceptors (Lipinski definition) is 15. The summed E-state index contributed by atoms with van der Waals surface area (Å²) in [5.41, 5.74) is 19.6. The van der Waals surface area contributed by atoms with Gasteiger partial charge in [-0.1, -0.05) is 0 Å². The van der Waals surface area contributed by atoms with Gasteiger partial charge in [-0.15, -0.1) is 0 Å². The second-order valence-corrected chi connectivity index (χ2v) is 9.70. The van der Waals surface area contributed by atoms with Crippen molar-refractivity contribution in [3.8, 4) is 0 Å². The quantitative estimate of drug-likeness (QED) is 0.0952. The first kappa shape index (κ1) is 31.5. The highest BCUT2D eigenvalue weighted by Crippen LogP contribution is 2.39. The minimum absolute atomic E-state index is 0.497. The van der Waals surface area contributed by atoms with E-state index in [1.165, 1.54) is 14.0 Å². The largest absolute Gasteiger partial charge is 0.393 e. The van der Waals surface area contributed by atoms with Crippen molar-refractivity contribution in [1.29, 1.82) is 0 Å². The predicted octanol–water partition coefficient (Wildman–Crippen LogP) is -8.41. The average molecular weight is 570 g/mol. The fourth-order valence-electron chi connectivity index (χ4n) is 4.93. The van der Waals surface area contributed by atoms with E-state index in [1.807, 2.05) is 0 Å². The molecular formula is C20H39N7O12. The molecule has 17 N–H and O–H groups in total. The second kappa shape index (κ2) is 12.3. The Morgan fingerprint density at radius 1 is 0.821 bits per heavy atom.